The number of rotatable bonds is 4. The molecule has 5 rings (SSSR count). The molecule has 0 radical (unpaired) electrons. The summed E-state index contributed by atoms with van der Waals surface area (Å²) in [6, 6.07) is 2.62. The molecule has 1 aromatic carbocycles. The summed E-state index contributed by atoms with van der Waals surface area (Å²) < 4.78 is 53.8. The summed E-state index contributed by atoms with van der Waals surface area (Å²) in [7, 11) is 2.69. The van der Waals surface area contributed by atoms with Crippen molar-refractivity contribution in [1.29, 1.82) is 0 Å². The second kappa shape index (κ2) is 12.5. The Hall–Kier alpha value is -4.03. The number of nitrogens with zero attached hydrogens (tertiary/aromatic N) is 3. The molecular weight excluding hydrogens is 578 g/mol. The van der Waals surface area contributed by atoms with Crippen LogP contribution >= 0.6 is 0 Å². The molecule has 2 amide bonds. The van der Waals surface area contributed by atoms with Crippen LogP contribution in [-0.4, -0.2) is 77.9 Å². The highest BCUT2D eigenvalue weighted by Crippen LogP contribution is 2.41. The van der Waals surface area contributed by atoms with Gasteiger partial charge >= 0.3 is 12.1 Å². The summed E-state index contributed by atoms with van der Waals surface area (Å²) in [5.74, 6) is -5.62. The number of carbonyl (C=O) groups is 3. The number of amides is 2. The topological polar surface area (TPSA) is 129 Å². The minimum atomic E-state index is -3.46. The van der Waals surface area contributed by atoms with Gasteiger partial charge in [0.2, 0.25) is 11.8 Å². The first kappa shape index (κ1) is 31.4. The van der Waals surface area contributed by atoms with Crippen molar-refractivity contribution in [3.05, 3.63) is 36.0 Å². The Kier molecular flexibility index (Phi) is 8.94. The van der Waals surface area contributed by atoms with E-state index in [4.69, 9.17) is 18.9 Å². The molecule has 2 aromatic rings. The lowest BCUT2D eigenvalue weighted by atomic mass is 9.94. The number of nitrogens with one attached hydrogen (secondary N) is 1. The third-order valence-corrected chi connectivity index (χ3v) is 8.54. The molecule has 1 aliphatic carbocycles. The highest BCUT2D eigenvalue weighted by molar-refractivity contribution is 5.91. The largest absolute Gasteiger partial charge is 0.497 e. The quantitative estimate of drug-likeness (QED) is 0.393. The van der Waals surface area contributed by atoms with Crippen molar-refractivity contribution in [3.63, 3.8) is 0 Å². The van der Waals surface area contributed by atoms with E-state index in [0.717, 1.165) is 0 Å². The third kappa shape index (κ3) is 6.27. The Morgan fingerprint density at radius 1 is 1.14 bits per heavy atom. The van der Waals surface area contributed by atoms with Crippen LogP contribution in [0.15, 0.2) is 30.4 Å². The Balaban J connectivity index is 1.61. The SMILES string of the molecule is CC[C@@H]1[C@@H]2CN(C(=O)[C@H](C(C)C)NC(=O)O[C@@H]3C[C@H]3CC=CCC(F)(F)c3nc4ccc(OC)cc4nc3O2)[C@@H]1C(=O)OC. The van der Waals surface area contributed by atoms with Crippen molar-refractivity contribution >= 4 is 29.0 Å². The minimum Gasteiger partial charge on any atom is -0.497 e. The molecule has 2 fully saturated rings. The molecule has 2 aliphatic heterocycles. The molecule has 6 atom stereocenters. The second-order valence-corrected chi connectivity index (χ2v) is 11.8. The maximum atomic E-state index is 15.9. The van der Waals surface area contributed by atoms with E-state index >= 15 is 8.78 Å². The average Bonchev–Trinajstić information content (AvgIpc) is 3.63. The molecule has 0 spiro atoms. The van der Waals surface area contributed by atoms with Crippen LogP contribution in [0.25, 0.3) is 11.0 Å². The Labute approximate surface area is 254 Å². The zero-order valence-electron chi connectivity index (χ0n) is 25.4. The summed E-state index contributed by atoms with van der Waals surface area (Å²) in [4.78, 5) is 49.9. The summed E-state index contributed by atoms with van der Waals surface area (Å²) in [5.41, 5.74) is -0.132. The molecule has 1 aromatic heterocycles. The van der Waals surface area contributed by atoms with Crippen molar-refractivity contribution in [3.8, 4) is 11.6 Å². The average molecular weight is 617 g/mol. The number of methoxy groups -OCH3 is 2. The fourth-order valence-corrected chi connectivity index (χ4v) is 5.95. The van der Waals surface area contributed by atoms with Crippen LogP contribution in [0, 0.1) is 17.8 Å². The van der Waals surface area contributed by atoms with Gasteiger partial charge in [0.15, 0.2) is 5.69 Å². The molecule has 44 heavy (non-hydrogen) atoms. The highest BCUT2D eigenvalue weighted by atomic mass is 19.3. The normalized spacial score (nSPS) is 28.6. The van der Waals surface area contributed by atoms with Crippen LogP contribution in [0.5, 0.6) is 11.6 Å². The zero-order valence-corrected chi connectivity index (χ0v) is 25.4. The molecular formula is C31H38F2N4O7. The van der Waals surface area contributed by atoms with E-state index < -0.39 is 66.0 Å². The molecule has 1 N–H and O–H groups in total. The van der Waals surface area contributed by atoms with E-state index in [9.17, 15) is 14.4 Å². The van der Waals surface area contributed by atoms with Gasteiger partial charge in [-0.3, -0.25) is 4.79 Å². The third-order valence-electron chi connectivity index (χ3n) is 8.54. The number of esters is 1. The van der Waals surface area contributed by atoms with Gasteiger partial charge in [-0.25, -0.2) is 19.6 Å². The predicted molar refractivity (Wildman–Crippen MR) is 154 cm³/mol. The first-order chi connectivity index (χ1) is 21.0. The Morgan fingerprint density at radius 3 is 2.59 bits per heavy atom. The van der Waals surface area contributed by atoms with Gasteiger partial charge in [-0.05, 0) is 37.3 Å². The van der Waals surface area contributed by atoms with Gasteiger partial charge < -0.3 is 29.2 Å². The van der Waals surface area contributed by atoms with Crippen molar-refractivity contribution < 1.29 is 42.1 Å². The van der Waals surface area contributed by atoms with Gasteiger partial charge in [0.05, 0.1) is 31.8 Å². The van der Waals surface area contributed by atoms with Crippen LogP contribution in [0.4, 0.5) is 13.6 Å². The van der Waals surface area contributed by atoms with Crippen molar-refractivity contribution in [2.24, 2.45) is 17.8 Å². The molecule has 1 saturated heterocycles. The van der Waals surface area contributed by atoms with Crippen LogP contribution in [0.2, 0.25) is 0 Å². The van der Waals surface area contributed by atoms with Gasteiger partial charge in [-0.2, -0.15) is 8.78 Å². The van der Waals surface area contributed by atoms with E-state index in [0.29, 0.717) is 25.0 Å². The van der Waals surface area contributed by atoms with Crippen LogP contribution in [0.3, 0.4) is 0 Å². The van der Waals surface area contributed by atoms with Crippen molar-refractivity contribution in [1.82, 2.24) is 20.2 Å². The monoisotopic (exact) mass is 616 g/mol. The number of alkyl carbamates (subject to hydrolysis) is 1. The smallest absolute Gasteiger partial charge is 0.408 e. The summed E-state index contributed by atoms with van der Waals surface area (Å²) >= 11 is 0. The van der Waals surface area contributed by atoms with E-state index in [2.05, 4.69) is 15.3 Å². The van der Waals surface area contributed by atoms with E-state index in [1.54, 1.807) is 45.0 Å². The molecule has 11 nitrogen and oxygen atoms in total. The van der Waals surface area contributed by atoms with E-state index in [1.807, 2.05) is 0 Å². The Bertz CT molecular complexity index is 1450. The van der Waals surface area contributed by atoms with Gasteiger partial charge in [0, 0.05) is 24.3 Å². The highest BCUT2D eigenvalue weighted by Gasteiger charge is 2.51. The fraction of sp³-hybridized carbons (Fsp3) is 0.581. The molecule has 0 unspecified atom stereocenters. The summed E-state index contributed by atoms with van der Waals surface area (Å²) in [5, 5.41) is 2.68. The van der Waals surface area contributed by atoms with E-state index in [-0.39, 0.29) is 35.5 Å². The molecule has 2 bridgehead atoms. The van der Waals surface area contributed by atoms with Gasteiger partial charge in [-0.1, -0.05) is 32.9 Å². The fourth-order valence-electron chi connectivity index (χ4n) is 5.95. The lowest BCUT2D eigenvalue weighted by molar-refractivity contribution is -0.153. The molecule has 3 heterocycles. The minimum absolute atomic E-state index is 0.0135. The first-order valence-corrected chi connectivity index (χ1v) is 14.9. The lowest BCUT2D eigenvalue weighted by Gasteiger charge is -2.30. The maximum absolute atomic E-state index is 15.9. The number of allylic oxidation sites excluding steroid dienone is 2. The first-order valence-electron chi connectivity index (χ1n) is 14.9. The maximum Gasteiger partial charge on any atom is 0.408 e. The van der Waals surface area contributed by atoms with Gasteiger partial charge in [0.25, 0.3) is 5.92 Å². The molecule has 238 valence electrons. The van der Waals surface area contributed by atoms with Crippen LogP contribution in [-0.2, 0) is 25.0 Å². The van der Waals surface area contributed by atoms with Crippen LogP contribution < -0.4 is 14.8 Å². The number of halogens is 2. The van der Waals surface area contributed by atoms with Crippen LogP contribution in [0.1, 0.15) is 52.1 Å². The van der Waals surface area contributed by atoms with Crippen molar-refractivity contribution in [2.45, 2.75) is 76.7 Å². The number of hydrogen-bond acceptors (Lipinski definition) is 9. The number of aromatic nitrogens is 2. The Morgan fingerprint density at radius 2 is 1.91 bits per heavy atom. The van der Waals surface area contributed by atoms with Crippen molar-refractivity contribution in [2.75, 3.05) is 20.8 Å². The standard InChI is InChI=1S/C31H38F2N4O7/c1-6-19-23-15-37(25(19)29(39)42-5)28(38)24(16(2)3)36-30(40)44-22-13-17(22)9-7-8-12-31(32,33)26-27(43-23)35-21-14-18(41-4)10-11-20(21)34-26/h7-8,10-11,14,16-17,19,22-25H,6,9,12-13,15H2,1-5H3,(H,36,40)/t17-,19-,22-,23+,24+,25+/m1/s1. The second-order valence-electron chi connectivity index (χ2n) is 11.8. The predicted octanol–water partition coefficient (Wildman–Crippen LogP) is 4.38. The number of hydrogen-bond donors (Lipinski definition) is 1. The summed E-state index contributed by atoms with van der Waals surface area (Å²) in [6.07, 6.45) is 1.70. The van der Waals surface area contributed by atoms with Gasteiger partial charge in [0.1, 0.15) is 30.0 Å². The summed E-state index contributed by atoms with van der Waals surface area (Å²) in [6.45, 7) is 5.20. The molecule has 3 aliphatic rings. The van der Waals surface area contributed by atoms with E-state index in [1.165, 1.54) is 25.2 Å². The number of fused-ring (bicyclic) bond motifs is 5. The van der Waals surface area contributed by atoms with Gasteiger partial charge in [-0.15, -0.1) is 0 Å². The number of carbonyl (C=O) groups excluding carboxylic acids is 3. The lowest BCUT2D eigenvalue weighted by Crippen LogP contribution is -2.55. The number of benzene rings is 1. The number of alkyl halides is 2. The molecule has 13 heteroatoms. The molecule has 1 saturated carbocycles. The number of ether oxygens (including phenoxy) is 4. The zero-order chi connectivity index (χ0) is 31.8.